The summed E-state index contributed by atoms with van der Waals surface area (Å²) in [4.78, 5) is 17.6. The lowest BCUT2D eigenvalue weighted by molar-refractivity contribution is -0.0447. The van der Waals surface area contributed by atoms with Crippen molar-refractivity contribution in [2.24, 2.45) is 0 Å². The lowest BCUT2D eigenvalue weighted by atomic mass is 10.0. The number of benzene rings is 3. The van der Waals surface area contributed by atoms with Crippen molar-refractivity contribution in [2.75, 3.05) is 13.2 Å². The molecule has 3 aromatic carbocycles. The number of hydrogen-bond acceptors (Lipinski definition) is 6. The van der Waals surface area contributed by atoms with Gasteiger partial charge in [-0.25, -0.2) is 4.98 Å². The molecule has 192 valence electrons. The summed E-state index contributed by atoms with van der Waals surface area (Å²) in [5.41, 5.74) is 4.09. The summed E-state index contributed by atoms with van der Waals surface area (Å²) in [6, 6.07) is 25.0. The molecule has 4 rings (SSSR count). The van der Waals surface area contributed by atoms with E-state index in [1.54, 1.807) is 18.2 Å². The van der Waals surface area contributed by atoms with Gasteiger partial charge in [-0.1, -0.05) is 54.6 Å². The predicted molar refractivity (Wildman–Crippen MR) is 141 cm³/mol. The van der Waals surface area contributed by atoms with Gasteiger partial charge < -0.3 is 24.7 Å². The normalized spacial score (nSPS) is 11.0. The number of aromatic nitrogens is 1. The Balaban J connectivity index is 1.39. The number of hydrogen-bond donors (Lipinski definition) is 3. The second-order valence-electron chi connectivity index (χ2n) is 8.82. The van der Waals surface area contributed by atoms with E-state index in [4.69, 9.17) is 9.15 Å². The molecule has 0 saturated carbocycles. The minimum Gasteiger partial charge on any atom is -0.493 e. The molecule has 0 unspecified atom stereocenters. The van der Waals surface area contributed by atoms with E-state index in [9.17, 15) is 15.0 Å². The van der Waals surface area contributed by atoms with Crippen LogP contribution < -0.4 is 10.1 Å². The molecule has 0 aliphatic rings. The van der Waals surface area contributed by atoms with E-state index in [2.05, 4.69) is 10.3 Å². The first-order chi connectivity index (χ1) is 18.0. The van der Waals surface area contributed by atoms with E-state index in [1.807, 2.05) is 67.6 Å². The van der Waals surface area contributed by atoms with Gasteiger partial charge in [0, 0.05) is 30.5 Å². The van der Waals surface area contributed by atoms with E-state index >= 15 is 0 Å². The monoisotopic (exact) mass is 500 g/mol. The van der Waals surface area contributed by atoms with Crippen molar-refractivity contribution in [3.05, 3.63) is 107 Å². The van der Waals surface area contributed by atoms with Gasteiger partial charge in [0.15, 0.2) is 6.29 Å². The number of amides is 1. The maximum absolute atomic E-state index is 13.0. The lowest BCUT2D eigenvalue weighted by Gasteiger charge is -2.14. The van der Waals surface area contributed by atoms with Crippen molar-refractivity contribution in [3.8, 4) is 17.2 Å². The molecule has 0 radical (unpaired) electrons. The number of nitrogens with zero attached hydrogens (tertiary/aromatic N) is 1. The van der Waals surface area contributed by atoms with E-state index in [0.717, 1.165) is 34.6 Å². The Morgan fingerprint density at radius 1 is 0.973 bits per heavy atom. The smallest absolute Gasteiger partial charge is 0.251 e. The Morgan fingerprint density at radius 2 is 1.70 bits per heavy atom. The number of carbonyl (C=O) groups is 1. The minimum atomic E-state index is -1.43. The Labute approximate surface area is 216 Å². The Bertz CT molecular complexity index is 1290. The van der Waals surface area contributed by atoms with Gasteiger partial charge in [0.05, 0.1) is 12.3 Å². The van der Waals surface area contributed by atoms with Crippen LogP contribution >= 0.6 is 0 Å². The van der Waals surface area contributed by atoms with Crippen LogP contribution in [0.25, 0.3) is 11.5 Å². The van der Waals surface area contributed by atoms with Crippen LogP contribution in [0.3, 0.4) is 0 Å². The topological polar surface area (TPSA) is 105 Å². The summed E-state index contributed by atoms with van der Waals surface area (Å²) in [5.74, 6) is 1.67. The molecule has 0 saturated heterocycles. The van der Waals surface area contributed by atoms with E-state index in [1.165, 1.54) is 0 Å². The molecule has 0 spiro atoms. The first-order valence-corrected chi connectivity index (χ1v) is 12.5. The van der Waals surface area contributed by atoms with E-state index < -0.39 is 6.29 Å². The van der Waals surface area contributed by atoms with Crippen LogP contribution in [0.2, 0.25) is 0 Å². The highest BCUT2D eigenvalue weighted by Gasteiger charge is 2.15. The van der Waals surface area contributed by atoms with Gasteiger partial charge >= 0.3 is 0 Å². The second-order valence-corrected chi connectivity index (χ2v) is 8.82. The SMILES string of the molecule is Cc1oc(-c2ccccc2)nc1CCOc1ccc(CCC(O)O)c(C(=O)NCCc2ccccc2)c1. The molecule has 0 atom stereocenters. The zero-order valence-electron chi connectivity index (χ0n) is 20.9. The molecular weight excluding hydrogens is 468 g/mol. The summed E-state index contributed by atoms with van der Waals surface area (Å²) < 4.78 is 11.8. The van der Waals surface area contributed by atoms with Gasteiger partial charge in [0.25, 0.3) is 5.91 Å². The van der Waals surface area contributed by atoms with Crippen molar-refractivity contribution < 1.29 is 24.2 Å². The van der Waals surface area contributed by atoms with Crippen LogP contribution in [0, 0.1) is 6.92 Å². The predicted octanol–water partition coefficient (Wildman–Crippen LogP) is 4.49. The molecule has 0 aliphatic heterocycles. The molecule has 0 bridgehead atoms. The number of oxazole rings is 1. The van der Waals surface area contributed by atoms with Gasteiger partial charge in [0.2, 0.25) is 5.89 Å². The maximum Gasteiger partial charge on any atom is 0.251 e. The van der Waals surface area contributed by atoms with Crippen LogP contribution in [-0.2, 0) is 19.3 Å². The van der Waals surface area contributed by atoms with E-state index in [-0.39, 0.29) is 12.3 Å². The molecule has 0 fully saturated rings. The molecule has 1 aromatic heterocycles. The Morgan fingerprint density at radius 3 is 2.43 bits per heavy atom. The minimum absolute atomic E-state index is 0.139. The summed E-state index contributed by atoms with van der Waals surface area (Å²) in [7, 11) is 0. The Hall–Kier alpha value is -3.94. The molecule has 4 aromatic rings. The highest BCUT2D eigenvalue weighted by atomic mass is 16.5. The van der Waals surface area contributed by atoms with Crippen molar-refractivity contribution in [2.45, 2.75) is 38.9 Å². The van der Waals surface area contributed by atoms with Gasteiger partial charge in [-0.3, -0.25) is 4.79 Å². The third kappa shape index (κ3) is 7.52. The number of rotatable bonds is 12. The van der Waals surface area contributed by atoms with Crippen molar-refractivity contribution in [3.63, 3.8) is 0 Å². The van der Waals surface area contributed by atoms with Crippen molar-refractivity contribution in [1.82, 2.24) is 10.3 Å². The molecular formula is C30H32N2O5. The van der Waals surface area contributed by atoms with Gasteiger partial charge in [-0.05, 0) is 55.2 Å². The number of nitrogens with one attached hydrogen (secondary N) is 1. The fourth-order valence-electron chi connectivity index (χ4n) is 4.05. The average Bonchev–Trinajstić information content (AvgIpc) is 3.29. The fourth-order valence-corrected chi connectivity index (χ4v) is 4.05. The maximum atomic E-state index is 13.0. The van der Waals surface area contributed by atoms with Gasteiger partial charge in [-0.15, -0.1) is 0 Å². The highest BCUT2D eigenvalue weighted by molar-refractivity contribution is 5.96. The van der Waals surface area contributed by atoms with Gasteiger partial charge in [0.1, 0.15) is 11.5 Å². The van der Waals surface area contributed by atoms with Gasteiger partial charge in [-0.2, -0.15) is 0 Å². The number of aliphatic hydroxyl groups is 2. The van der Waals surface area contributed by atoms with Crippen molar-refractivity contribution in [1.29, 1.82) is 0 Å². The summed E-state index contributed by atoms with van der Waals surface area (Å²) in [6.45, 7) is 2.74. The number of aryl methyl sites for hydroxylation is 2. The number of carbonyl (C=O) groups excluding carboxylic acids is 1. The molecule has 0 aliphatic carbocycles. The fraction of sp³-hybridized carbons (Fsp3) is 0.267. The first kappa shape index (κ1) is 26.1. The van der Waals surface area contributed by atoms with E-state index in [0.29, 0.717) is 43.2 Å². The highest BCUT2D eigenvalue weighted by Crippen LogP contribution is 2.23. The third-order valence-electron chi connectivity index (χ3n) is 6.06. The van der Waals surface area contributed by atoms with Crippen LogP contribution in [0.1, 0.15) is 39.4 Å². The van der Waals surface area contributed by atoms with Crippen LogP contribution in [0.4, 0.5) is 0 Å². The molecule has 1 amide bonds. The lowest BCUT2D eigenvalue weighted by Crippen LogP contribution is -2.27. The quantitative estimate of drug-likeness (QED) is 0.248. The third-order valence-corrected chi connectivity index (χ3v) is 6.06. The van der Waals surface area contributed by atoms with Crippen LogP contribution in [0.15, 0.2) is 83.3 Å². The number of aliphatic hydroxyl groups excluding tert-OH is 1. The zero-order valence-corrected chi connectivity index (χ0v) is 20.9. The molecule has 7 heteroatoms. The van der Waals surface area contributed by atoms with Crippen LogP contribution in [-0.4, -0.2) is 40.5 Å². The summed E-state index contributed by atoms with van der Waals surface area (Å²) in [5, 5.41) is 21.6. The second kappa shape index (κ2) is 12.9. The number of ether oxygens (including phenoxy) is 1. The zero-order chi connectivity index (χ0) is 26.0. The molecule has 3 N–H and O–H groups in total. The molecule has 37 heavy (non-hydrogen) atoms. The summed E-state index contributed by atoms with van der Waals surface area (Å²) >= 11 is 0. The first-order valence-electron chi connectivity index (χ1n) is 12.5. The Kier molecular flexibility index (Phi) is 9.08. The average molecular weight is 501 g/mol. The molecule has 1 heterocycles. The van der Waals surface area contributed by atoms with Crippen molar-refractivity contribution >= 4 is 5.91 Å². The summed E-state index contributed by atoms with van der Waals surface area (Å²) in [6.07, 6.45) is 0.338. The standard InChI is InChI=1S/C30H32N2O5/c1-21-27(32-30(37-21)24-10-6-3-7-11-24)17-19-36-25-14-12-23(13-15-28(33)34)26(20-25)29(35)31-18-16-22-8-4-2-5-9-22/h2-12,14,20,28,33-34H,13,15-19H2,1H3,(H,31,35). The molecule has 7 nitrogen and oxygen atoms in total. The van der Waals surface area contributed by atoms with Crippen LogP contribution in [0.5, 0.6) is 5.75 Å². The largest absolute Gasteiger partial charge is 0.493 e.